The van der Waals surface area contributed by atoms with Crippen LogP contribution in [0.4, 0.5) is 14.9 Å². The molecule has 12 heteroatoms. The molecule has 9 nitrogen and oxygen atoms in total. The van der Waals surface area contributed by atoms with E-state index in [0.29, 0.717) is 17.1 Å². The molecule has 1 atom stereocenters. The van der Waals surface area contributed by atoms with E-state index in [2.05, 4.69) is 10.3 Å². The second-order valence-electron chi connectivity index (χ2n) is 9.57. The number of aliphatic hydroxyl groups is 1. The minimum absolute atomic E-state index is 0.178. The van der Waals surface area contributed by atoms with Crippen molar-refractivity contribution in [2.24, 2.45) is 0 Å². The third kappa shape index (κ3) is 3.87. The summed E-state index contributed by atoms with van der Waals surface area (Å²) < 4.78 is 47.0. The number of urea groups is 1. The van der Waals surface area contributed by atoms with Crippen molar-refractivity contribution < 1.29 is 27.4 Å². The van der Waals surface area contributed by atoms with E-state index in [1.54, 1.807) is 24.6 Å². The number of hydrogen-bond acceptors (Lipinski definition) is 6. The number of ether oxygens (including phenoxy) is 1. The van der Waals surface area contributed by atoms with Crippen molar-refractivity contribution in [3.8, 4) is 5.75 Å². The number of nitrogens with zero attached hydrogens (tertiary/aromatic N) is 2. The molecular formula is C26H25FN4O5S2. The number of methoxy groups -OCH3 is 1. The first kappa shape index (κ1) is 24.9. The molecule has 0 radical (unpaired) electrons. The molecule has 0 unspecified atom stereocenters. The van der Waals surface area contributed by atoms with Gasteiger partial charge < -0.3 is 25.0 Å². The summed E-state index contributed by atoms with van der Waals surface area (Å²) in [6, 6.07) is 13.1. The Bertz CT molecular complexity index is 1610. The Hall–Kier alpha value is -3.45. The van der Waals surface area contributed by atoms with E-state index in [-0.39, 0.29) is 30.5 Å². The SMILES string of the molecule is COc1ccc2c3c([nH]c2c1)[C@H](CO)N(C(=O)Nc1ccc(F)cc1)CC31CN(S(=O)(=O)c2cccs2)C1. The molecule has 2 aromatic carbocycles. The molecule has 4 heterocycles. The van der Waals surface area contributed by atoms with Crippen LogP contribution in [0, 0.1) is 5.82 Å². The van der Waals surface area contributed by atoms with Crippen LogP contribution in [-0.4, -0.2) is 67.1 Å². The van der Waals surface area contributed by atoms with E-state index in [1.807, 2.05) is 18.2 Å². The molecule has 2 aromatic heterocycles. The summed E-state index contributed by atoms with van der Waals surface area (Å²) in [5, 5.41) is 15.8. The van der Waals surface area contributed by atoms with Crippen molar-refractivity contribution in [3.63, 3.8) is 0 Å². The van der Waals surface area contributed by atoms with Gasteiger partial charge in [-0.2, -0.15) is 4.31 Å². The first-order chi connectivity index (χ1) is 18.3. The number of H-pyrrole nitrogens is 1. The molecular weight excluding hydrogens is 531 g/mol. The number of sulfonamides is 1. The van der Waals surface area contributed by atoms with E-state index in [1.165, 1.54) is 33.5 Å². The number of hydrogen-bond donors (Lipinski definition) is 3. The number of carbonyl (C=O) groups is 1. The first-order valence-corrected chi connectivity index (χ1v) is 14.3. The normalized spacial score (nSPS) is 18.8. The number of thiophene rings is 1. The maximum absolute atomic E-state index is 13.5. The smallest absolute Gasteiger partial charge is 0.322 e. The summed E-state index contributed by atoms with van der Waals surface area (Å²) in [5.74, 6) is 0.222. The number of benzene rings is 2. The monoisotopic (exact) mass is 556 g/mol. The lowest BCUT2D eigenvalue weighted by molar-refractivity contribution is 0.0551. The fourth-order valence-corrected chi connectivity index (χ4v) is 8.30. The number of rotatable bonds is 5. The number of aromatic nitrogens is 1. The zero-order valence-corrected chi connectivity index (χ0v) is 22.0. The molecule has 4 aromatic rings. The van der Waals surface area contributed by atoms with Crippen LogP contribution in [0.1, 0.15) is 17.3 Å². The summed E-state index contributed by atoms with van der Waals surface area (Å²) >= 11 is 1.16. The van der Waals surface area contributed by atoms with Gasteiger partial charge in [-0.05, 0) is 53.4 Å². The van der Waals surface area contributed by atoms with Gasteiger partial charge in [0, 0.05) is 53.4 Å². The standard InChI is InChI=1S/C26H25FN4O5S2/c1-36-18-8-9-19-20(11-18)29-24-21(12-32)31(25(33)28-17-6-4-16(27)5-7-17)15-26(23(19)24)13-30(14-26)38(34,35)22-3-2-10-37-22/h2-11,21,29,32H,12-15H2,1H3,(H,28,33)/t21-/m0/s1. The fourth-order valence-electron chi connectivity index (χ4n) is 5.54. The highest BCUT2D eigenvalue weighted by atomic mass is 32.2. The number of aliphatic hydroxyl groups excluding tert-OH is 1. The lowest BCUT2D eigenvalue weighted by atomic mass is 9.70. The van der Waals surface area contributed by atoms with Crippen LogP contribution in [0.25, 0.3) is 10.9 Å². The number of halogens is 1. The zero-order chi connectivity index (χ0) is 26.7. The molecule has 0 bridgehead atoms. The number of anilines is 1. The van der Waals surface area contributed by atoms with E-state index in [0.717, 1.165) is 27.8 Å². The number of carbonyl (C=O) groups excluding carboxylic acids is 1. The van der Waals surface area contributed by atoms with Gasteiger partial charge in [0.2, 0.25) is 0 Å². The molecule has 2 amide bonds. The van der Waals surface area contributed by atoms with Crippen LogP contribution in [-0.2, 0) is 15.4 Å². The molecule has 2 aliphatic rings. The van der Waals surface area contributed by atoms with Gasteiger partial charge in [0.1, 0.15) is 15.8 Å². The Morgan fingerprint density at radius 3 is 2.63 bits per heavy atom. The summed E-state index contributed by atoms with van der Waals surface area (Å²) in [7, 11) is -2.10. The lowest BCUT2D eigenvalue weighted by Crippen LogP contribution is -2.68. The van der Waals surface area contributed by atoms with E-state index < -0.39 is 33.3 Å². The number of fused-ring (bicyclic) bond motifs is 4. The van der Waals surface area contributed by atoms with Gasteiger partial charge in [-0.3, -0.25) is 0 Å². The van der Waals surface area contributed by atoms with Crippen LogP contribution in [0.15, 0.2) is 64.2 Å². The largest absolute Gasteiger partial charge is 0.497 e. The Balaban J connectivity index is 1.42. The topological polar surface area (TPSA) is 115 Å². The molecule has 1 fully saturated rings. The highest BCUT2D eigenvalue weighted by Gasteiger charge is 2.56. The lowest BCUT2D eigenvalue weighted by Gasteiger charge is -2.55. The molecule has 1 spiro atoms. The van der Waals surface area contributed by atoms with Gasteiger partial charge >= 0.3 is 6.03 Å². The van der Waals surface area contributed by atoms with Crippen molar-refractivity contribution in [1.29, 1.82) is 0 Å². The minimum Gasteiger partial charge on any atom is -0.497 e. The van der Waals surface area contributed by atoms with Crippen LogP contribution in [0.2, 0.25) is 0 Å². The van der Waals surface area contributed by atoms with Crippen molar-refractivity contribution in [2.45, 2.75) is 15.7 Å². The fraction of sp³-hybridized carbons (Fsp3) is 0.269. The number of aromatic amines is 1. The molecule has 2 aliphatic heterocycles. The molecule has 1 saturated heterocycles. The molecule has 38 heavy (non-hydrogen) atoms. The third-order valence-corrected chi connectivity index (χ3v) is 10.5. The average molecular weight is 557 g/mol. The van der Waals surface area contributed by atoms with Gasteiger partial charge in [-0.1, -0.05) is 6.07 Å². The maximum Gasteiger partial charge on any atom is 0.322 e. The maximum atomic E-state index is 13.5. The Morgan fingerprint density at radius 1 is 1.21 bits per heavy atom. The minimum atomic E-state index is -3.68. The van der Waals surface area contributed by atoms with Gasteiger partial charge in [-0.25, -0.2) is 17.6 Å². The van der Waals surface area contributed by atoms with Gasteiger partial charge in [0.05, 0.1) is 19.8 Å². The summed E-state index contributed by atoms with van der Waals surface area (Å²) in [6.45, 7) is 0.199. The van der Waals surface area contributed by atoms with Crippen LogP contribution < -0.4 is 10.1 Å². The van der Waals surface area contributed by atoms with Crippen LogP contribution in [0.5, 0.6) is 5.75 Å². The number of nitrogens with one attached hydrogen (secondary N) is 2. The average Bonchev–Trinajstić information content (AvgIpc) is 3.56. The quantitative estimate of drug-likeness (QED) is 0.345. The van der Waals surface area contributed by atoms with Crippen molar-refractivity contribution in [2.75, 3.05) is 38.7 Å². The molecule has 0 saturated carbocycles. The molecule has 0 aliphatic carbocycles. The Kier molecular flexibility index (Phi) is 5.94. The van der Waals surface area contributed by atoms with E-state index >= 15 is 0 Å². The molecule has 198 valence electrons. The third-order valence-electron chi connectivity index (χ3n) is 7.32. The Morgan fingerprint density at radius 2 is 1.97 bits per heavy atom. The summed E-state index contributed by atoms with van der Waals surface area (Å²) in [4.78, 5) is 18.4. The van der Waals surface area contributed by atoms with Crippen molar-refractivity contribution >= 4 is 44.0 Å². The van der Waals surface area contributed by atoms with E-state index in [9.17, 15) is 22.7 Å². The summed E-state index contributed by atoms with van der Waals surface area (Å²) in [5.41, 5.74) is 2.04. The predicted octanol–water partition coefficient (Wildman–Crippen LogP) is 3.90. The molecule has 3 N–H and O–H groups in total. The first-order valence-electron chi connectivity index (χ1n) is 11.9. The van der Waals surface area contributed by atoms with Crippen molar-refractivity contribution in [3.05, 3.63) is 77.1 Å². The molecule has 6 rings (SSSR count). The van der Waals surface area contributed by atoms with Gasteiger partial charge in [0.15, 0.2) is 0 Å². The van der Waals surface area contributed by atoms with Crippen LogP contribution in [0.3, 0.4) is 0 Å². The second-order valence-corrected chi connectivity index (χ2v) is 12.7. The van der Waals surface area contributed by atoms with Gasteiger partial charge in [0.25, 0.3) is 10.0 Å². The highest BCUT2D eigenvalue weighted by Crippen LogP contribution is 2.50. The van der Waals surface area contributed by atoms with Gasteiger partial charge in [-0.15, -0.1) is 11.3 Å². The zero-order valence-electron chi connectivity index (χ0n) is 20.3. The Labute approximate surface area is 222 Å². The highest BCUT2D eigenvalue weighted by molar-refractivity contribution is 7.91. The summed E-state index contributed by atoms with van der Waals surface area (Å²) in [6.07, 6.45) is 0. The predicted molar refractivity (Wildman–Crippen MR) is 142 cm³/mol. The van der Waals surface area contributed by atoms with Crippen LogP contribution >= 0.6 is 11.3 Å². The van der Waals surface area contributed by atoms with E-state index in [4.69, 9.17) is 4.74 Å². The number of amides is 2. The van der Waals surface area contributed by atoms with Crippen molar-refractivity contribution in [1.82, 2.24) is 14.2 Å². The second kappa shape index (κ2) is 9.09.